The summed E-state index contributed by atoms with van der Waals surface area (Å²) in [7, 11) is 0. The first-order valence-corrected chi connectivity index (χ1v) is 10.6. The van der Waals surface area contributed by atoms with Crippen molar-refractivity contribution in [2.24, 2.45) is 0 Å². The Bertz CT molecular complexity index is 1030. The van der Waals surface area contributed by atoms with E-state index in [1.165, 1.54) is 29.2 Å². The molecule has 9 heteroatoms. The lowest BCUT2D eigenvalue weighted by atomic mass is 10.0. The number of benzene rings is 1. The van der Waals surface area contributed by atoms with Gasteiger partial charge in [0, 0.05) is 10.3 Å². The third-order valence-electron chi connectivity index (χ3n) is 4.10. The van der Waals surface area contributed by atoms with Crippen molar-refractivity contribution in [3.63, 3.8) is 0 Å². The van der Waals surface area contributed by atoms with E-state index in [-0.39, 0.29) is 11.4 Å². The first kappa shape index (κ1) is 21.0. The molecule has 0 saturated carbocycles. The number of rotatable bonds is 5. The van der Waals surface area contributed by atoms with E-state index in [0.717, 1.165) is 17.0 Å². The lowest BCUT2D eigenvalue weighted by Crippen LogP contribution is -2.24. The highest BCUT2D eigenvalue weighted by Crippen LogP contribution is 2.34. The number of thiophene rings is 1. The van der Waals surface area contributed by atoms with Crippen LogP contribution in [-0.4, -0.2) is 16.6 Å². The van der Waals surface area contributed by atoms with Crippen molar-refractivity contribution in [2.45, 2.75) is 31.6 Å². The number of alkyl halides is 3. The summed E-state index contributed by atoms with van der Waals surface area (Å²) >= 11 is 8.61. The fraction of sp³-hybridized carbons (Fsp3) is 0.263. The van der Waals surface area contributed by atoms with E-state index in [0.29, 0.717) is 38.2 Å². The highest BCUT2D eigenvalue weighted by Gasteiger charge is 2.31. The van der Waals surface area contributed by atoms with E-state index < -0.39 is 11.7 Å². The van der Waals surface area contributed by atoms with Crippen molar-refractivity contribution in [3.05, 3.63) is 56.2 Å². The number of carbonyl (C=O) groups excluding carboxylic acids is 1. The molecule has 3 aromatic rings. The Balaban J connectivity index is 2.01. The molecule has 0 radical (unpaired) electrons. The van der Waals surface area contributed by atoms with Crippen molar-refractivity contribution < 1.29 is 18.0 Å². The molecule has 0 fully saturated rings. The Morgan fingerprint density at radius 2 is 2.04 bits per heavy atom. The van der Waals surface area contributed by atoms with Crippen LogP contribution in [0.4, 0.5) is 13.2 Å². The van der Waals surface area contributed by atoms with Gasteiger partial charge in [-0.2, -0.15) is 13.2 Å². The van der Waals surface area contributed by atoms with Gasteiger partial charge >= 0.3 is 6.18 Å². The fourth-order valence-corrected chi connectivity index (χ4v) is 4.64. The average molecular weight is 445 g/mol. The van der Waals surface area contributed by atoms with E-state index in [4.69, 9.17) is 11.6 Å². The van der Waals surface area contributed by atoms with Gasteiger partial charge in [-0.05, 0) is 42.5 Å². The van der Waals surface area contributed by atoms with Gasteiger partial charge in [0.25, 0.3) is 5.91 Å². The third kappa shape index (κ3) is 4.45. The number of pyridine rings is 1. The van der Waals surface area contributed by atoms with Gasteiger partial charge < -0.3 is 5.32 Å². The number of aryl methyl sites for hydroxylation is 1. The van der Waals surface area contributed by atoms with Crippen molar-refractivity contribution in [1.82, 2.24) is 10.3 Å². The maximum atomic E-state index is 13.0. The van der Waals surface area contributed by atoms with Crippen molar-refractivity contribution in [3.8, 4) is 0 Å². The van der Waals surface area contributed by atoms with Crippen molar-refractivity contribution in [1.29, 1.82) is 0 Å². The molecule has 0 spiro atoms. The highest BCUT2D eigenvalue weighted by molar-refractivity contribution is 7.99. The second-order valence-electron chi connectivity index (χ2n) is 5.97. The van der Waals surface area contributed by atoms with Gasteiger partial charge in [-0.25, -0.2) is 4.98 Å². The minimum atomic E-state index is -4.44. The Morgan fingerprint density at radius 1 is 1.29 bits per heavy atom. The number of amides is 1. The van der Waals surface area contributed by atoms with E-state index in [9.17, 15) is 18.0 Å². The van der Waals surface area contributed by atoms with Crippen molar-refractivity contribution >= 4 is 51.5 Å². The number of fused-ring (bicyclic) bond motifs is 1. The number of aromatic nitrogens is 1. The maximum absolute atomic E-state index is 13.0. The van der Waals surface area contributed by atoms with Gasteiger partial charge in [-0.15, -0.1) is 23.1 Å². The van der Waals surface area contributed by atoms with Crippen LogP contribution in [0.25, 0.3) is 10.9 Å². The molecule has 0 aliphatic rings. The molecule has 148 valence electrons. The zero-order valence-electron chi connectivity index (χ0n) is 15.0. The summed E-state index contributed by atoms with van der Waals surface area (Å²) in [5.41, 5.74) is 0.467. The topological polar surface area (TPSA) is 42.0 Å². The van der Waals surface area contributed by atoms with E-state index >= 15 is 0 Å². The van der Waals surface area contributed by atoms with Gasteiger partial charge in [0.2, 0.25) is 0 Å². The number of nitrogens with zero attached hydrogens (tertiary/aromatic N) is 1. The molecule has 0 aliphatic heterocycles. The van der Waals surface area contributed by atoms with E-state index in [1.54, 1.807) is 13.0 Å². The maximum Gasteiger partial charge on any atom is 0.416 e. The lowest BCUT2D eigenvalue weighted by Gasteiger charge is -2.15. The molecular formula is C19H16ClF3N2OS2. The normalized spacial score (nSPS) is 11.8. The minimum Gasteiger partial charge on any atom is -0.347 e. The SMILES string of the molecule is CCSc1nc2cc(C(F)(F)F)ccc2c(C)c1C(=O)NCc1ccc(Cl)s1. The summed E-state index contributed by atoms with van der Waals surface area (Å²) < 4.78 is 39.7. The molecule has 0 unspecified atom stereocenters. The first-order chi connectivity index (χ1) is 13.2. The summed E-state index contributed by atoms with van der Waals surface area (Å²) in [6, 6.07) is 7.00. The number of hydrogen-bond donors (Lipinski definition) is 1. The summed E-state index contributed by atoms with van der Waals surface area (Å²) in [6.45, 7) is 3.94. The number of carbonyl (C=O) groups is 1. The molecule has 0 saturated heterocycles. The van der Waals surface area contributed by atoms with Crippen molar-refractivity contribution in [2.75, 3.05) is 5.75 Å². The Kier molecular flexibility index (Phi) is 6.21. The average Bonchev–Trinajstić information content (AvgIpc) is 3.04. The van der Waals surface area contributed by atoms with Crippen LogP contribution < -0.4 is 5.32 Å². The van der Waals surface area contributed by atoms with Crippen LogP contribution in [0.2, 0.25) is 4.34 Å². The summed E-state index contributed by atoms with van der Waals surface area (Å²) in [6.07, 6.45) is -4.44. The van der Waals surface area contributed by atoms with Crippen LogP contribution in [-0.2, 0) is 12.7 Å². The molecule has 3 nitrogen and oxygen atoms in total. The second-order valence-corrected chi connectivity index (χ2v) is 9.02. The largest absolute Gasteiger partial charge is 0.416 e. The molecule has 0 aliphatic carbocycles. The first-order valence-electron chi connectivity index (χ1n) is 8.37. The predicted molar refractivity (Wildman–Crippen MR) is 108 cm³/mol. The smallest absolute Gasteiger partial charge is 0.347 e. The molecule has 2 aromatic heterocycles. The predicted octanol–water partition coefficient (Wildman–Crippen LogP) is 6.32. The van der Waals surface area contributed by atoms with Crippen LogP contribution >= 0.6 is 34.7 Å². The molecule has 1 amide bonds. The van der Waals surface area contributed by atoms with Crippen LogP contribution in [0.1, 0.15) is 33.3 Å². The van der Waals surface area contributed by atoms with Gasteiger partial charge in [-0.1, -0.05) is 24.6 Å². The zero-order valence-corrected chi connectivity index (χ0v) is 17.4. The molecule has 28 heavy (non-hydrogen) atoms. The van der Waals surface area contributed by atoms with Crippen LogP contribution in [0.5, 0.6) is 0 Å². The molecule has 1 aromatic carbocycles. The second kappa shape index (κ2) is 8.31. The number of halogens is 4. The Hall–Kier alpha value is -1.77. The molecule has 3 rings (SSSR count). The van der Waals surface area contributed by atoms with Crippen LogP contribution in [0, 0.1) is 6.92 Å². The molecule has 2 heterocycles. The van der Waals surface area contributed by atoms with E-state index in [2.05, 4.69) is 10.3 Å². The number of hydrogen-bond acceptors (Lipinski definition) is 4. The Labute approximate surface area is 173 Å². The van der Waals surface area contributed by atoms with Gasteiger partial charge in [0.1, 0.15) is 5.03 Å². The quantitative estimate of drug-likeness (QED) is 0.468. The van der Waals surface area contributed by atoms with Gasteiger partial charge in [-0.3, -0.25) is 4.79 Å². The van der Waals surface area contributed by atoms with Crippen LogP contribution in [0.3, 0.4) is 0 Å². The molecular weight excluding hydrogens is 429 g/mol. The van der Waals surface area contributed by atoms with Gasteiger partial charge in [0.15, 0.2) is 0 Å². The van der Waals surface area contributed by atoms with Crippen LogP contribution in [0.15, 0.2) is 35.4 Å². The summed E-state index contributed by atoms with van der Waals surface area (Å²) in [5.74, 6) is 0.324. The van der Waals surface area contributed by atoms with E-state index in [1.807, 2.05) is 13.0 Å². The molecule has 0 atom stereocenters. The summed E-state index contributed by atoms with van der Waals surface area (Å²) in [4.78, 5) is 18.1. The monoisotopic (exact) mass is 444 g/mol. The lowest BCUT2D eigenvalue weighted by molar-refractivity contribution is -0.137. The number of nitrogens with one attached hydrogen (secondary N) is 1. The molecule has 0 bridgehead atoms. The minimum absolute atomic E-state index is 0.227. The van der Waals surface area contributed by atoms with Gasteiger partial charge in [0.05, 0.1) is 27.5 Å². The fourth-order valence-electron chi connectivity index (χ4n) is 2.79. The standard InChI is InChI=1S/C19H16ClF3N2OS2/c1-3-27-18-16(17(26)24-9-12-5-7-15(20)28-12)10(2)13-6-4-11(19(21,22)23)8-14(13)25-18/h4-8H,3,9H2,1-2H3,(H,24,26). The number of thioether (sulfide) groups is 1. The zero-order chi connectivity index (χ0) is 20.5. The molecule has 1 N–H and O–H groups in total. The Morgan fingerprint density at radius 3 is 2.64 bits per heavy atom. The third-order valence-corrected chi connectivity index (χ3v) is 6.19. The highest BCUT2D eigenvalue weighted by atomic mass is 35.5. The summed E-state index contributed by atoms with van der Waals surface area (Å²) in [5, 5.41) is 3.80.